The van der Waals surface area contributed by atoms with Gasteiger partial charge >= 0.3 is 5.97 Å². The Hall–Kier alpha value is -1.84. The summed E-state index contributed by atoms with van der Waals surface area (Å²) in [6.07, 6.45) is 0.0990. The van der Waals surface area contributed by atoms with Gasteiger partial charge in [-0.25, -0.2) is 0 Å². The number of rotatable bonds is 3. The van der Waals surface area contributed by atoms with E-state index in [0.29, 0.717) is 6.54 Å². The second kappa shape index (κ2) is 4.80. The zero-order chi connectivity index (χ0) is 13.3. The lowest BCUT2D eigenvalue weighted by atomic mass is 9.93. The number of carbonyl (C=O) groups is 2. The quantitative estimate of drug-likeness (QED) is 0.888. The number of nitrogens with zero attached hydrogens (tertiary/aromatic N) is 1. The van der Waals surface area contributed by atoms with E-state index < -0.39 is 11.9 Å². The second-order valence-corrected chi connectivity index (χ2v) is 4.69. The van der Waals surface area contributed by atoms with Gasteiger partial charge in [0.25, 0.3) is 0 Å². The van der Waals surface area contributed by atoms with Gasteiger partial charge in [-0.05, 0) is 19.4 Å². The summed E-state index contributed by atoms with van der Waals surface area (Å²) in [6.45, 7) is 4.39. The molecule has 4 nitrogen and oxygen atoms in total. The number of aliphatic carboxylic acids is 1. The van der Waals surface area contributed by atoms with Gasteiger partial charge in [-0.2, -0.15) is 0 Å². The van der Waals surface area contributed by atoms with Crippen LogP contribution >= 0.6 is 0 Å². The molecule has 0 spiro atoms. The summed E-state index contributed by atoms with van der Waals surface area (Å²) in [7, 11) is 0. The predicted molar refractivity (Wildman–Crippen MR) is 67.0 cm³/mol. The Balaban J connectivity index is 2.42. The number of benzene rings is 1. The van der Waals surface area contributed by atoms with Crippen LogP contribution in [0.15, 0.2) is 24.3 Å². The van der Waals surface area contributed by atoms with Crippen LogP contribution in [0.5, 0.6) is 0 Å². The summed E-state index contributed by atoms with van der Waals surface area (Å²) in [6, 6.07) is 7.39. The number of carboxylic acids is 1. The summed E-state index contributed by atoms with van der Waals surface area (Å²) in [5, 5.41) is 9.27. The average molecular weight is 247 g/mol. The van der Waals surface area contributed by atoms with Crippen molar-refractivity contribution in [3.63, 3.8) is 0 Å². The van der Waals surface area contributed by atoms with E-state index in [1.807, 2.05) is 38.1 Å². The molecule has 0 radical (unpaired) electrons. The highest BCUT2D eigenvalue weighted by molar-refractivity contribution is 5.87. The monoisotopic (exact) mass is 247 g/mol. The molecule has 4 heteroatoms. The molecule has 0 bridgehead atoms. The minimum atomic E-state index is -0.897. The van der Waals surface area contributed by atoms with Crippen LogP contribution in [-0.4, -0.2) is 28.4 Å². The van der Waals surface area contributed by atoms with Crippen molar-refractivity contribution in [3.05, 3.63) is 35.4 Å². The Morgan fingerprint density at radius 2 is 2.22 bits per heavy atom. The Morgan fingerprint density at radius 3 is 2.78 bits per heavy atom. The largest absolute Gasteiger partial charge is 0.481 e. The third-order valence-electron chi connectivity index (χ3n) is 3.47. The Kier molecular flexibility index (Phi) is 3.36. The molecular weight excluding hydrogens is 230 g/mol. The molecule has 1 N–H and O–H groups in total. The SMILES string of the molecule is CCN1C(=O)CC(C(=O)O)C1c1cccc(C)c1. The Labute approximate surface area is 106 Å². The van der Waals surface area contributed by atoms with Crippen molar-refractivity contribution < 1.29 is 14.7 Å². The van der Waals surface area contributed by atoms with Crippen LogP contribution in [0.4, 0.5) is 0 Å². The van der Waals surface area contributed by atoms with Gasteiger partial charge in [0.1, 0.15) is 0 Å². The maximum Gasteiger partial charge on any atom is 0.309 e. The number of carboxylic acid groups (broad SMARTS) is 1. The summed E-state index contributed by atoms with van der Waals surface area (Å²) in [4.78, 5) is 24.8. The van der Waals surface area contributed by atoms with Crippen LogP contribution < -0.4 is 0 Å². The molecule has 0 aliphatic carbocycles. The first-order chi connectivity index (χ1) is 8.54. The standard InChI is InChI=1S/C14H17NO3/c1-3-15-12(16)8-11(14(17)18)13(15)10-6-4-5-9(2)7-10/h4-7,11,13H,3,8H2,1-2H3,(H,17,18). The Bertz CT molecular complexity index is 484. The normalized spacial score (nSPS) is 23.4. The summed E-state index contributed by atoms with van der Waals surface area (Å²) >= 11 is 0. The van der Waals surface area contributed by atoms with Gasteiger partial charge in [0.15, 0.2) is 0 Å². The highest BCUT2D eigenvalue weighted by Crippen LogP contribution is 2.38. The van der Waals surface area contributed by atoms with E-state index in [4.69, 9.17) is 0 Å². The zero-order valence-electron chi connectivity index (χ0n) is 10.6. The molecule has 1 aliphatic heterocycles. The molecule has 1 fully saturated rings. The van der Waals surface area contributed by atoms with E-state index >= 15 is 0 Å². The molecule has 1 saturated heterocycles. The first-order valence-corrected chi connectivity index (χ1v) is 6.13. The molecule has 96 valence electrons. The highest BCUT2D eigenvalue weighted by Gasteiger charge is 2.43. The molecule has 2 rings (SSSR count). The van der Waals surface area contributed by atoms with E-state index in [9.17, 15) is 14.7 Å². The number of likely N-dealkylation sites (tertiary alicyclic amines) is 1. The second-order valence-electron chi connectivity index (χ2n) is 4.69. The van der Waals surface area contributed by atoms with Gasteiger partial charge in [0.2, 0.25) is 5.91 Å². The van der Waals surface area contributed by atoms with Gasteiger partial charge in [0, 0.05) is 13.0 Å². The fraction of sp³-hybridized carbons (Fsp3) is 0.429. The van der Waals surface area contributed by atoms with Crippen LogP contribution in [0, 0.1) is 12.8 Å². The third-order valence-corrected chi connectivity index (χ3v) is 3.47. The molecule has 0 saturated carbocycles. The van der Waals surface area contributed by atoms with Crippen molar-refractivity contribution in [1.82, 2.24) is 4.90 Å². The molecule has 1 aromatic rings. The van der Waals surface area contributed by atoms with Crippen LogP contribution in [0.2, 0.25) is 0 Å². The minimum Gasteiger partial charge on any atom is -0.481 e. The first-order valence-electron chi connectivity index (χ1n) is 6.13. The lowest BCUT2D eigenvalue weighted by Gasteiger charge is -2.26. The number of carbonyl (C=O) groups excluding carboxylic acids is 1. The zero-order valence-corrected chi connectivity index (χ0v) is 10.6. The van der Waals surface area contributed by atoms with Crippen LogP contribution in [-0.2, 0) is 9.59 Å². The third kappa shape index (κ3) is 2.10. The molecule has 1 heterocycles. The topological polar surface area (TPSA) is 57.6 Å². The molecule has 0 aromatic heterocycles. The van der Waals surface area contributed by atoms with Crippen LogP contribution in [0.1, 0.15) is 30.5 Å². The van der Waals surface area contributed by atoms with Gasteiger partial charge < -0.3 is 10.0 Å². The van der Waals surface area contributed by atoms with Gasteiger partial charge in [-0.1, -0.05) is 29.8 Å². The van der Waals surface area contributed by atoms with E-state index in [-0.39, 0.29) is 18.4 Å². The summed E-state index contributed by atoms with van der Waals surface area (Å²) in [5.74, 6) is -1.61. The molecule has 1 aromatic carbocycles. The molecule has 18 heavy (non-hydrogen) atoms. The maximum atomic E-state index is 11.9. The molecule has 2 atom stereocenters. The maximum absolute atomic E-state index is 11.9. The van der Waals surface area contributed by atoms with Crippen molar-refractivity contribution in [2.24, 2.45) is 5.92 Å². The van der Waals surface area contributed by atoms with Crippen molar-refractivity contribution in [2.45, 2.75) is 26.3 Å². The molecule has 2 unspecified atom stereocenters. The molecule has 1 amide bonds. The first kappa shape index (κ1) is 12.6. The van der Waals surface area contributed by atoms with E-state index in [0.717, 1.165) is 11.1 Å². The fourth-order valence-corrected chi connectivity index (χ4v) is 2.65. The summed E-state index contributed by atoms with van der Waals surface area (Å²) < 4.78 is 0. The highest BCUT2D eigenvalue weighted by atomic mass is 16.4. The van der Waals surface area contributed by atoms with Gasteiger partial charge in [0.05, 0.1) is 12.0 Å². The fourth-order valence-electron chi connectivity index (χ4n) is 2.65. The Morgan fingerprint density at radius 1 is 1.50 bits per heavy atom. The van der Waals surface area contributed by atoms with E-state index in [1.165, 1.54) is 0 Å². The number of aryl methyl sites for hydroxylation is 1. The molecule has 1 aliphatic rings. The smallest absolute Gasteiger partial charge is 0.309 e. The van der Waals surface area contributed by atoms with Crippen molar-refractivity contribution in [2.75, 3.05) is 6.54 Å². The van der Waals surface area contributed by atoms with Crippen LogP contribution in [0.3, 0.4) is 0 Å². The lowest BCUT2D eigenvalue weighted by Crippen LogP contribution is -2.30. The van der Waals surface area contributed by atoms with E-state index in [1.54, 1.807) is 4.90 Å². The van der Waals surface area contributed by atoms with Crippen molar-refractivity contribution in [3.8, 4) is 0 Å². The van der Waals surface area contributed by atoms with Gasteiger partial charge in [-0.15, -0.1) is 0 Å². The van der Waals surface area contributed by atoms with Crippen molar-refractivity contribution in [1.29, 1.82) is 0 Å². The summed E-state index contributed by atoms with van der Waals surface area (Å²) in [5.41, 5.74) is 1.99. The molecular formula is C14H17NO3. The van der Waals surface area contributed by atoms with Crippen molar-refractivity contribution >= 4 is 11.9 Å². The number of hydrogen-bond acceptors (Lipinski definition) is 2. The lowest BCUT2D eigenvalue weighted by molar-refractivity contribution is -0.142. The average Bonchev–Trinajstić information content (AvgIpc) is 2.66. The minimum absolute atomic E-state index is 0.0728. The number of hydrogen-bond donors (Lipinski definition) is 1. The predicted octanol–water partition coefficient (Wildman–Crippen LogP) is 1.99. The number of amides is 1. The van der Waals surface area contributed by atoms with Crippen LogP contribution in [0.25, 0.3) is 0 Å². The van der Waals surface area contributed by atoms with E-state index in [2.05, 4.69) is 0 Å². The van der Waals surface area contributed by atoms with Gasteiger partial charge in [-0.3, -0.25) is 9.59 Å².